The van der Waals surface area contributed by atoms with E-state index in [2.05, 4.69) is 40.5 Å². The van der Waals surface area contributed by atoms with E-state index in [1.807, 2.05) is 13.8 Å². The third-order valence-corrected chi connectivity index (χ3v) is 12.3. The number of aliphatic hydroxyl groups is 7. The van der Waals surface area contributed by atoms with Crippen LogP contribution in [0.4, 0.5) is 0 Å². The van der Waals surface area contributed by atoms with E-state index in [9.17, 15) is 72.3 Å². The van der Waals surface area contributed by atoms with Crippen LogP contribution in [-0.4, -0.2) is 163 Å². The molecule has 0 aromatic heterocycles. The number of unbranched alkanes of at least 4 members (excludes halogenated alkanes) is 12. The first kappa shape index (κ1) is 64.9. The normalized spacial score (nSPS) is 29.5. The van der Waals surface area contributed by atoms with Crippen LogP contribution in [0.5, 0.6) is 0 Å². The van der Waals surface area contributed by atoms with Crippen molar-refractivity contribution in [2.75, 3.05) is 19.8 Å². The maximum absolute atomic E-state index is 10.3. The second kappa shape index (κ2) is 33.5. The fraction of sp³-hybridized carbons (Fsp3) is 0.947. The Bertz CT molecular complexity index is 1740. The lowest BCUT2D eigenvalue weighted by Gasteiger charge is -2.38. The maximum atomic E-state index is 10.3. The van der Waals surface area contributed by atoms with Crippen molar-refractivity contribution < 1.29 is 109 Å². The average molecular weight is 1040 g/mol. The van der Waals surface area contributed by atoms with Gasteiger partial charge >= 0.3 is 0 Å². The number of aliphatic hydroxyl groups excluding tert-OH is 7. The van der Waals surface area contributed by atoms with Crippen molar-refractivity contribution in [2.45, 2.75) is 191 Å². The molecule has 3 rings (SSSR count). The lowest BCUT2D eigenvalue weighted by atomic mass is 9.81. The van der Waals surface area contributed by atoms with Gasteiger partial charge in [0.25, 0.3) is 0 Å². The summed E-state index contributed by atoms with van der Waals surface area (Å²) in [4.78, 5) is 0. The Labute approximate surface area is 390 Å². The largest absolute Gasteiger partial charge is 0.726 e. The van der Waals surface area contributed by atoms with Gasteiger partial charge in [0.1, 0.15) is 30.5 Å². The molecule has 0 bridgehead atoms. The van der Waals surface area contributed by atoms with Gasteiger partial charge in [-0.2, -0.15) is 0 Å². The lowest BCUT2D eigenvalue weighted by molar-refractivity contribution is -0.161. The molecule has 66 heavy (non-hydrogen) atoms. The van der Waals surface area contributed by atoms with Gasteiger partial charge in [0, 0.05) is 5.92 Å². The van der Waals surface area contributed by atoms with Gasteiger partial charge in [0.05, 0.1) is 38.1 Å². The quantitative estimate of drug-likeness (QED) is 0.0285. The standard InChI is InChI=1S/C18H36O4S.C8H16O4S.C7H14O8S.C5H10O8S/c1-2-3-4-5-6-7-8-9-10-11-12-13-14-15-16-17-18-22-23(19,20)21;1-6-3-7(2)5-8(4-6)12-13(9,10)11;8-4-1-3(2-15-16(12,13)14)5(9)7(11)6(4)10;6-3-2(1-12-14(9,10)11)13-5(8)4(3)7/h9-10H,2-8,11-18H2,1H3,(H,19,20,21);6-8H,3-5H2,1-2H3,(H,9,10,11);3-11H,1-2H2,(H,12,13,14);2-8H,1H2,(H,9,10,11)/p-4/b10-9-;;;/t;;3-,4?,5+,6+,7+;2-,3-,4-,5?/m..11/s1. The van der Waals surface area contributed by atoms with Crippen molar-refractivity contribution >= 4 is 41.6 Å². The maximum Gasteiger partial charge on any atom is 0.217 e. The summed E-state index contributed by atoms with van der Waals surface area (Å²) in [5, 5.41) is 64.1. The molecule has 0 aromatic rings. The molecule has 0 amide bonds. The van der Waals surface area contributed by atoms with E-state index >= 15 is 0 Å². The monoisotopic (exact) mass is 1040 g/mol. The fourth-order valence-electron chi connectivity index (χ4n) is 7.28. The van der Waals surface area contributed by atoms with E-state index < -0.39 is 116 Å². The molecule has 28 heteroatoms. The van der Waals surface area contributed by atoms with Gasteiger partial charge in [-0.3, -0.25) is 16.7 Å². The molecule has 0 radical (unpaired) electrons. The minimum atomic E-state index is -4.88. The molecule has 7 N–H and O–H groups in total. The third kappa shape index (κ3) is 34.2. The highest BCUT2D eigenvalue weighted by atomic mass is 32.3. The van der Waals surface area contributed by atoms with Gasteiger partial charge in [-0.15, -0.1) is 0 Å². The summed E-state index contributed by atoms with van der Waals surface area (Å²) in [6.07, 6.45) is 11.5. The second-order valence-corrected chi connectivity index (χ2v) is 20.8. The second-order valence-electron chi connectivity index (χ2n) is 16.7. The summed E-state index contributed by atoms with van der Waals surface area (Å²) < 4.78 is 143. The molecule has 4 unspecified atom stereocenters. The molecule has 11 atom stereocenters. The zero-order valence-electron chi connectivity index (χ0n) is 37.6. The van der Waals surface area contributed by atoms with Crippen LogP contribution >= 0.6 is 0 Å². The van der Waals surface area contributed by atoms with E-state index in [1.54, 1.807) is 0 Å². The smallest absolute Gasteiger partial charge is 0.217 e. The summed E-state index contributed by atoms with van der Waals surface area (Å²) in [6.45, 7) is 4.97. The average Bonchev–Trinajstić information content (AvgIpc) is 3.43. The van der Waals surface area contributed by atoms with Crippen LogP contribution in [0.25, 0.3) is 0 Å². The molecule has 0 aromatic carbocycles. The highest BCUT2D eigenvalue weighted by Gasteiger charge is 2.43. The van der Waals surface area contributed by atoms with Gasteiger partial charge in [0.2, 0.25) is 41.6 Å². The van der Waals surface area contributed by atoms with E-state index in [0.717, 1.165) is 32.1 Å². The van der Waals surface area contributed by atoms with E-state index in [-0.39, 0.29) is 13.0 Å². The zero-order valence-corrected chi connectivity index (χ0v) is 40.9. The Morgan fingerprint density at radius 1 is 0.515 bits per heavy atom. The summed E-state index contributed by atoms with van der Waals surface area (Å²) in [6, 6.07) is 0. The molecular weight excluding hydrogens is 969 g/mol. The molecule has 2 saturated carbocycles. The molecule has 3 fully saturated rings. The van der Waals surface area contributed by atoms with Gasteiger partial charge < -0.3 is 58.7 Å². The van der Waals surface area contributed by atoms with Crippen LogP contribution in [0.2, 0.25) is 0 Å². The van der Waals surface area contributed by atoms with Gasteiger partial charge in [-0.05, 0) is 69.6 Å². The van der Waals surface area contributed by atoms with Crippen molar-refractivity contribution in [1.29, 1.82) is 0 Å². The van der Waals surface area contributed by atoms with Crippen molar-refractivity contribution in [3.63, 3.8) is 0 Å². The van der Waals surface area contributed by atoms with E-state index in [4.69, 9.17) is 15.3 Å². The zero-order chi connectivity index (χ0) is 50.7. The Hall–Kier alpha value is -1.10. The first-order valence-electron chi connectivity index (χ1n) is 22.0. The predicted octanol–water partition coefficient (Wildman–Crippen LogP) is 0.618. The number of allylic oxidation sites excluding steroid dienone is 2. The molecule has 3 aliphatic rings. The topological polar surface area (TPSA) is 417 Å². The van der Waals surface area contributed by atoms with E-state index in [0.29, 0.717) is 31.1 Å². The minimum Gasteiger partial charge on any atom is -0.726 e. The van der Waals surface area contributed by atoms with Crippen molar-refractivity contribution in [2.24, 2.45) is 17.8 Å². The number of hydrogen-bond donors (Lipinski definition) is 7. The minimum absolute atomic E-state index is 0.0208. The highest BCUT2D eigenvalue weighted by molar-refractivity contribution is 7.81. The van der Waals surface area contributed by atoms with Crippen LogP contribution in [-0.2, 0) is 63.1 Å². The Kier molecular flexibility index (Phi) is 32.9. The van der Waals surface area contributed by atoms with Crippen LogP contribution in [0.3, 0.4) is 0 Å². The Morgan fingerprint density at radius 3 is 1.41 bits per heavy atom. The number of hydrogen-bond acceptors (Lipinski definition) is 24. The molecule has 1 saturated heterocycles. The van der Waals surface area contributed by atoms with Gasteiger partial charge in [-0.1, -0.05) is 90.7 Å². The molecule has 1 aliphatic heterocycles. The molecular formula is C38H72O24S4-4. The van der Waals surface area contributed by atoms with Crippen molar-refractivity contribution in [3.05, 3.63) is 12.2 Å². The molecule has 24 nitrogen and oxygen atoms in total. The van der Waals surface area contributed by atoms with Crippen molar-refractivity contribution in [3.8, 4) is 0 Å². The summed E-state index contributed by atoms with van der Waals surface area (Å²) in [5.74, 6) is -0.0527. The first-order chi connectivity index (χ1) is 30.5. The van der Waals surface area contributed by atoms with Crippen LogP contribution in [0.1, 0.15) is 136 Å². The lowest BCUT2D eigenvalue weighted by Crippen LogP contribution is -2.54. The SMILES string of the molecule is CC1CC(C)CC(OS(=O)(=O)[O-])C1.CCCCCCCC/C=C\CCCCCCCCOS(=O)(=O)[O-].O=S(=O)([O-])OC[C@H]1CC(O)[C@H](O)[C@@H](O)[C@H]1O.O=S(=O)([O-])OC[C@H]1OC(O)[C@H](O)[C@@H]1O. The van der Waals surface area contributed by atoms with Crippen molar-refractivity contribution in [1.82, 2.24) is 0 Å². The number of ether oxygens (including phenoxy) is 1. The Morgan fingerprint density at radius 2 is 0.970 bits per heavy atom. The summed E-state index contributed by atoms with van der Waals surface area (Å²) in [7, 11) is -18.8. The predicted molar refractivity (Wildman–Crippen MR) is 228 cm³/mol. The van der Waals surface area contributed by atoms with Crippen LogP contribution in [0, 0.1) is 17.8 Å². The van der Waals surface area contributed by atoms with Crippen LogP contribution in [0.15, 0.2) is 12.2 Å². The highest BCUT2D eigenvalue weighted by Crippen LogP contribution is 2.31. The third-order valence-electron chi connectivity index (χ3n) is 10.5. The fourth-order valence-corrected chi connectivity index (χ4v) is 8.74. The summed E-state index contributed by atoms with van der Waals surface area (Å²) in [5.41, 5.74) is 0. The van der Waals surface area contributed by atoms with Gasteiger partial charge in [0.15, 0.2) is 6.29 Å². The Balaban J connectivity index is 0.000000875. The molecule has 1 heterocycles. The number of rotatable bonds is 25. The van der Waals surface area contributed by atoms with Crippen LogP contribution < -0.4 is 0 Å². The van der Waals surface area contributed by atoms with Gasteiger partial charge in [-0.25, -0.2) is 33.7 Å². The molecule has 0 spiro atoms. The molecule has 396 valence electrons. The summed E-state index contributed by atoms with van der Waals surface area (Å²) >= 11 is 0. The first-order valence-corrected chi connectivity index (χ1v) is 27.3. The van der Waals surface area contributed by atoms with E-state index in [1.165, 1.54) is 57.8 Å². The molecule has 2 aliphatic carbocycles.